The molecule has 0 aliphatic rings. The van der Waals surface area contributed by atoms with E-state index in [1.165, 1.54) is 12.1 Å². The topological polar surface area (TPSA) is 103 Å². The molecule has 0 amide bonds. The van der Waals surface area contributed by atoms with Gasteiger partial charge in [-0.15, -0.1) is 0 Å². The Bertz CT molecular complexity index is 696. The van der Waals surface area contributed by atoms with Crippen LogP contribution in [0.2, 0.25) is 0 Å². The van der Waals surface area contributed by atoms with Crippen molar-refractivity contribution in [1.29, 1.82) is 0 Å². The number of carboxylic acid groups (broad SMARTS) is 1. The Kier molecular flexibility index (Phi) is 2.12. The van der Waals surface area contributed by atoms with Crippen molar-refractivity contribution >= 4 is 17.0 Å². The maximum atomic E-state index is 11.1. The van der Waals surface area contributed by atoms with Crippen LogP contribution in [0.25, 0.3) is 11.0 Å². The van der Waals surface area contributed by atoms with Gasteiger partial charge in [-0.25, -0.2) is 4.79 Å². The Labute approximate surface area is 88.6 Å². The highest BCUT2D eigenvalue weighted by Gasteiger charge is 2.09. The molecule has 1 aromatic heterocycles. The molecule has 0 unspecified atom stereocenters. The first kappa shape index (κ1) is 10.2. The van der Waals surface area contributed by atoms with Gasteiger partial charge >= 0.3 is 17.1 Å². The standard InChI is InChI=1S/C10H8N2O4/c1-4-2-6-7(3-5(4)10(15)16)12-9(14)8(13)11-6/h2-3H,1H3,(H,11,13)(H,12,14)(H,15,16). The van der Waals surface area contributed by atoms with E-state index >= 15 is 0 Å². The molecule has 0 aliphatic carbocycles. The van der Waals surface area contributed by atoms with Crippen molar-refractivity contribution < 1.29 is 9.90 Å². The van der Waals surface area contributed by atoms with Crippen LogP contribution in [0.5, 0.6) is 0 Å². The quantitative estimate of drug-likeness (QED) is 0.598. The van der Waals surface area contributed by atoms with Gasteiger partial charge in [0.2, 0.25) is 0 Å². The van der Waals surface area contributed by atoms with Gasteiger partial charge < -0.3 is 15.1 Å². The normalized spacial score (nSPS) is 10.6. The average molecular weight is 220 g/mol. The van der Waals surface area contributed by atoms with E-state index in [2.05, 4.69) is 9.97 Å². The fourth-order valence-electron chi connectivity index (χ4n) is 1.50. The molecule has 2 aromatic rings. The lowest BCUT2D eigenvalue weighted by Gasteiger charge is -2.03. The molecular weight excluding hydrogens is 212 g/mol. The Morgan fingerprint density at radius 3 is 2.12 bits per heavy atom. The van der Waals surface area contributed by atoms with Crippen molar-refractivity contribution in [3.63, 3.8) is 0 Å². The van der Waals surface area contributed by atoms with Crippen molar-refractivity contribution in [3.8, 4) is 0 Å². The monoisotopic (exact) mass is 220 g/mol. The molecule has 6 heteroatoms. The number of rotatable bonds is 1. The number of H-pyrrole nitrogens is 2. The van der Waals surface area contributed by atoms with Crippen LogP contribution >= 0.6 is 0 Å². The second kappa shape index (κ2) is 3.34. The number of aromatic nitrogens is 2. The van der Waals surface area contributed by atoms with Crippen molar-refractivity contribution in [2.75, 3.05) is 0 Å². The first-order valence-electron chi connectivity index (χ1n) is 4.49. The molecule has 1 aromatic carbocycles. The summed E-state index contributed by atoms with van der Waals surface area (Å²) < 4.78 is 0. The van der Waals surface area contributed by atoms with Gasteiger partial charge in [-0.2, -0.15) is 0 Å². The maximum absolute atomic E-state index is 11.1. The third-order valence-corrected chi connectivity index (χ3v) is 2.30. The van der Waals surface area contributed by atoms with E-state index in [-0.39, 0.29) is 5.56 Å². The number of carbonyl (C=O) groups is 1. The Morgan fingerprint density at radius 2 is 1.62 bits per heavy atom. The van der Waals surface area contributed by atoms with Gasteiger partial charge in [0.05, 0.1) is 16.6 Å². The second-order valence-corrected chi connectivity index (χ2v) is 3.43. The molecule has 0 fully saturated rings. The highest BCUT2D eigenvalue weighted by molar-refractivity contribution is 5.93. The summed E-state index contributed by atoms with van der Waals surface area (Å²) in [7, 11) is 0. The first-order valence-corrected chi connectivity index (χ1v) is 4.49. The van der Waals surface area contributed by atoms with E-state index in [0.717, 1.165) is 0 Å². The summed E-state index contributed by atoms with van der Waals surface area (Å²) in [5.41, 5.74) is -0.236. The van der Waals surface area contributed by atoms with Gasteiger partial charge in [-0.05, 0) is 24.6 Å². The highest BCUT2D eigenvalue weighted by atomic mass is 16.4. The molecule has 1 heterocycles. The molecule has 82 valence electrons. The molecule has 2 rings (SSSR count). The van der Waals surface area contributed by atoms with Crippen molar-refractivity contribution in [2.45, 2.75) is 6.92 Å². The Morgan fingerprint density at radius 1 is 1.12 bits per heavy atom. The summed E-state index contributed by atoms with van der Waals surface area (Å²) in [5.74, 6) is -1.08. The predicted molar refractivity (Wildman–Crippen MR) is 56.9 cm³/mol. The molecule has 0 aliphatic heterocycles. The summed E-state index contributed by atoms with van der Waals surface area (Å²) in [6.45, 7) is 1.62. The lowest BCUT2D eigenvalue weighted by atomic mass is 10.1. The van der Waals surface area contributed by atoms with Gasteiger partial charge in [0.15, 0.2) is 0 Å². The maximum Gasteiger partial charge on any atom is 0.336 e. The van der Waals surface area contributed by atoms with Crippen LogP contribution in [0.15, 0.2) is 21.7 Å². The lowest BCUT2D eigenvalue weighted by Crippen LogP contribution is -2.29. The average Bonchev–Trinajstić information content (AvgIpc) is 2.19. The van der Waals surface area contributed by atoms with E-state index in [9.17, 15) is 14.4 Å². The zero-order valence-electron chi connectivity index (χ0n) is 8.33. The first-order chi connectivity index (χ1) is 7.49. The van der Waals surface area contributed by atoms with Gasteiger partial charge in [0.1, 0.15) is 0 Å². The number of nitrogens with one attached hydrogen (secondary N) is 2. The smallest absolute Gasteiger partial charge is 0.336 e. The molecule has 0 saturated heterocycles. The van der Waals surface area contributed by atoms with E-state index in [1.54, 1.807) is 6.92 Å². The van der Waals surface area contributed by atoms with Crippen LogP contribution in [-0.2, 0) is 0 Å². The zero-order valence-corrected chi connectivity index (χ0v) is 8.33. The van der Waals surface area contributed by atoms with Gasteiger partial charge in [-0.1, -0.05) is 0 Å². The summed E-state index contributed by atoms with van der Waals surface area (Å²) in [4.78, 5) is 37.6. The molecule has 6 nitrogen and oxygen atoms in total. The van der Waals surface area contributed by atoms with Crippen molar-refractivity contribution in [3.05, 3.63) is 44.0 Å². The number of hydrogen-bond donors (Lipinski definition) is 3. The minimum atomic E-state index is -1.08. The van der Waals surface area contributed by atoms with Crippen LogP contribution in [-0.4, -0.2) is 21.0 Å². The van der Waals surface area contributed by atoms with Crippen LogP contribution in [0.4, 0.5) is 0 Å². The third-order valence-electron chi connectivity index (χ3n) is 2.30. The van der Waals surface area contributed by atoms with Crippen molar-refractivity contribution in [1.82, 2.24) is 9.97 Å². The summed E-state index contributed by atoms with van der Waals surface area (Å²) in [5, 5.41) is 8.89. The second-order valence-electron chi connectivity index (χ2n) is 3.43. The van der Waals surface area contributed by atoms with Crippen LogP contribution in [0.1, 0.15) is 15.9 Å². The fraction of sp³-hybridized carbons (Fsp3) is 0.100. The Balaban J connectivity index is 2.90. The molecule has 0 bridgehead atoms. The number of benzene rings is 1. The Hall–Kier alpha value is -2.37. The van der Waals surface area contributed by atoms with Crippen LogP contribution < -0.4 is 11.1 Å². The largest absolute Gasteiger partial charge is 0.478 e. The zero-order chi connectivity index (χ0) is 11.9. The van der Waals surface area contributed by atoms with Gasteiger partial charge in [0.25, 0.3) is 0 Å². The molecule has 0 spiro atoms. The van der Waals surface area contributed by atoms with Crippen molar-refractivity contribution in [2.24, 2.45) is 0 Å². The number of carboxylic acids is 1. The van der Waals surface area contributed by atoms with Gasteiger partial charge in [0, 0.05) is 0 Å². The van der Waals surface area contributed by atoms with E-state index in [1.807, 2.05) is 0 Å². The third kappa shape index (κ3) is 1.50. The van der Waals surface area contributed by atoms with Gasteiger partial charge in [-0.3, -0.25) is 9.59 Å². The molecule has 3 N–H and O–H groups in total. The minimum Gasteiger partial charge on any atom is -0.478 e. The molecule has 0 atom stereocenters. The summed E-state index contributed by atoms with van der Waals surface area (Å²) in [6.07, 6.45) is 0. The molecule has 0 radical (unpaired) electrons. The number of fused-ring (bicyclic) bond motifs is 1. The predicted octanol–water partition coefficient (Wildman–Crippen LogP) is 0.223. The molecular formula is C10H8N2O4. The van der Waals surface area contributed by atoms with E-state index in [0.29, 0.717) is 16.6 Å². The minimum absolute atomic E-state index is 0.0928. The fourth-order valence-corrected chi connectivity index (χ4v) is 1.50. The number of aromatic carboxylic acids is 1. The molecule has 16 heavy (non-hydrogen) atoms. The highest BCUT2D eigenvalue weighted by Crippen LogP contribution is 2.14. The summed E-state index contributed by atoms with van der Waals surface area (Å²) >= 11 is 0. The van der Waals surface area contributed by atoms with E-state index < -0.39 is 17.1 Å². The SMILES string of the molecule is Cc1cc2[nH]c(=O)c(=O)[nH]c2cc1C(=O)O. The number of hydrogen-bond acceptors (Lipinski definition) is 3. The van der Waals surface area contributed by atoms with Crippen LogP contribution in [0.3, 0.4) is 0 Å². The number of aromatic amines is 2. The lowest BCUT2D eigenvalue weighted by molar-refractivity contribution is 0.0696. The van der Waals surface area contributed by atoms with Crippen LogP contribution in [0, 0.1) is 6.92 Å². The molecule has 0 saturated carbocycles. The number of aryl methyl sites for hydroxylation is 1. The van der Waals surface area contributed by atoms with E-state index in [4.69, 9.17) is 5.11 Å². The summed E-state index contributed by atoms with van der Waals surface area (Å²) in [6, 6.07) is 2.83.